The number of halogens is 2. The van der Waals surface area contributed by atoms with Crippen molar-refractivity contribution in [2.45, 2.75) is 0 Å². The van der Waals surface area contributed by atoms with Crippen LogP contribution >= 0.6 is 47.2 Å². The lowest BCUT2D eigenvalue weighted by Crippen LogP contribution is -2.27. The Morgan fingerprint density at radius 1 is 1.21 bits per heavy atom. The number of amides is 1. The Labute approximate surface area is 182 Å². The number of rotatable bonds is 5. The van der Waals surface area contributed by atoms with E-state index >= 15 is 0 Å². The van der Waals surface area contributed by atoms with Crippen LogP contribution in [0.2, 0.25) is 10.0 Å². The monoisotopic (exact) mass is 449 g/mol. The van der Waals surface area contributed by atoms with Crippen LogP contribution in [0, 0.1) is 12.3 Å². The highest BCUT2D eigenvalue weighted by Crippen LogP contribution is 2.38. The summed E-state index contributed by atoms with van der Waals surface area (Å²) < 4.78 is 11.2. The Balaban J connectivity index is 1.89. The van der Waals surface area contributed by atoms with Gasteiger partial charge in [-0.3, -0.25) is 9.69 Å². The van der Waals surface area contributed by atoms with Crippen LogP contribution in [0.1, 0.15) is 5.56 Å². The van der Waals surface area contributed by atoms with E-state index in [1.54, 1.807) is 42.5 Å². The van der Waals surface area contributed by atoms with E-state index in [4.69, 9.17) is 51.3 Å². The topological polar surface area (TPSA) is 38.8 Å². The van der Waals surface area contributed by atoms with E-state index < -0.39 is 0 Å². The van der Waals surface area contributed by atoms with Gasteiger partial charge in [-0.1, -0.05) is 59.2 Å². The minimum atomic E-state index is -0.236. The molecule has 1 amide bonds. The van der Waals surface area contributed by atoms with Crippen LogP contribution in [-0.2, 0) is 4.79 Å². The summed E-state index contributed by atoms with van der Waals surface area (Å²) in [5.74, 6) is 3.21. The van der Waals surface area contributed by atoms with Gasteiger partial charge in [-0.15, -0.1) is 6.42 Å². The Morgan fingerprint density at radius 2 is 2.00 bits per heavy atom. The summed E-state index contributed by atoms with van der Waals surface area (Å²) in [5.41, 5.74) is 1.33. The summed E-state index contributed by atoms with van der Waals surface area (Å²) in [6.07, 6.45) is 6.96. The van der Waals surface area contributed by atoms with Crippen LogP contribution in [0.15, 0.2) is 41.3 Å². The van der Waals surface area contributed by atoms with E-state index in [-0.39, 0.29) is 12.5 Å². The number of hydrogen-bond donors (Lipinski definition) is 0. The van der Waals surface area contributed by atoms with Gasteiger partial charge in [-0.05, 0) is 42.0 Å². The smallest absolute Gasteiger partial charge is 0.270 e. The third kappa shape index (κ3) is 4.29. The van der Waals surface area contributed by atoms with Crippen molar-refractivity contribution in [3.63, 3.8) is 0 Å². The Bertz CT molecular complexity index is 1030. The first kappa shape index (κ1) is 20.6. The van der Waals surface area contributed by atoms with Gasteiger partial charge in [-0.2, -0.15) is 0 Å². The lowest BCUT2D eigenvalue weighted by atomic mass is 10.2. The molecule has 28 heavy (non-hydrogen) atoms. The van der Waals surface area contributed by atoms with Crippen LogP contribution in [0.3, 0.4) is 0 Å². The lowest BCUT2D eigenvalue weighted by Gasteiger charge is -2.15. The summed E-state index contributed by atoms with van der Waals surface area (Å²) in [7, 11) is 1.53. The van der Waals surface area contributed by atoms with Crippen LogP contribution < -0.4 is 14.4 Å². The predicted molar refractivity (Wildman–Crippen MR) is 119 cm³/mol. The van der Waals surface area contributed by atoms with Gasteiger partial charge >= 0.3 is 0 Å². The lowest BCUT2D eigenvalue weighted by molar-refractivity contribution is -0.113. The maximum atomic E-state index is 12.9. The molecule has 0 saturated carbocycles. The molecule has 142 valence electrons. The summed E-state index contributed by atoms with van der Waals surface area (Å²) in [6, 6.07) is 10.2. The number of ether oxygens (including phenoxy) is 2. The molecule has 4 nitrogen and oxygen atoms in total. The van der Waals surface area contributed by atoms with Crippen LogP contribution in [0.5, 0.6) is 11.5 Å². The number of benzene rings is 2. The molecule has 1 aliphatic rings. The molecular weight excluding hydrogens is 437 g/mol. The van der Waals surface area contributed by atoms with Crippen molar-refractivity contribution in [1.82, 2.24) is 0 Å². The molecule has 0 N–H and O–H groups in total. The van der Waals surface area contributed by atoms with Crippen molar-refractivity contribution < 1.29 is 14.3 Å². The van der Waals surface area contributed by atoms with Crippen molar-refractivity contribution in [3.8, 4) is 23.8 Å². The summed E-state index contributed by atoms with van der Waals surface area (Å²) in [5, 5.41) is 0.759. The number of nitrogens with zero attached hydrogens (tertiary/aromatic N) is 1. The average Bonchev–Trinajstić information content (AvgIpc) is 2.96. The van der Waals surface area contributed by atoms with Crippen molar-refractivity contribution in [3.05, 3.63) is 56.9 Å². The maximum Gasteiger partial charge on any atom is 0.270 e. The number of methoxy groups -OCH3 is 1. The molecule has 0 atom stereocenters. The Morgan fingerprint density at radius 3 is 2.68 bits per heavy atom. The molecule has 0 spiro atoms. The number of carbonyl (C=O) groups excluding carboxylic acids is 1. The summed E-state index contributed by atoms with van der Waals surface area (Å²) >= 11 is 18.6. The molecular formula is C20H13Cl2NO3S2. The third-order valence-electron chi connectivity index (χ3n) is 3.75. The molecule has 2 aromatic carbocycles. The molecule has 0 aliphatic carbocycles. The first-order valence-electron chi connectivity index (χ1n) is 7.92. The van der Waals surface area contributed by atoms with E-state index in [9.17, 15) is 4.79 Å². The van der Waals surface area contributed by atoms with Crippen molar-refractivity contribution in [2.24, 2.45) is 0 Å². The number of thiocarbonyl (C=S) groups is 1. The SMILES string of the molecule is C#CCOc1ccc(/C=C2/SC(=S)N(c3ccc(Cl)c(Cl)c3)C2=O)cc1OC. The highest BCUT2D eigenvalue weighted by Gasteiger charge is 2.33. The standard InChI is InChI=1S/C20H13Cl2NO3S2/c1-3-8-26-16-7-4-12(9-17(16)25-2)10-18-19(24)23(20(27)28-18)13-5-6-14(21)15(22)11-13/h1,4-7,9-11H,8H2,2H3/b18-10+. The van der Waals surface area contributed by atoms with E-state index in [1.807, 2.05) is 0 Å². The fourth-order valence-electron chi connectivity index (χ4n) is 2.48. The minimum absolute atomic E-state index is 0.137. The van der Waals surface area contributed by atoms with Crippen LogP contribution in [-0.4, -0.2) is 23.9 Å². The van der Waals surface area contributed by atoms with Crippen LogP contribution in [0.25, 0.3) is 6.08 Å². The zero-order valence-corrected chi connectivity index (χ0v) is 17.7. The maximum absolute atomic E-state index is 12.9. The molecule has 0 unspecified atom stereocenters. The largest absolute Gasteiger partial charge is 0.493 e. The fourth-order valence-corrected chi connectivity index (χ4v) is 4.07. The van der Waals surface area contributed by atoms with Crippen molar-refractivity contribution in [1.29, 1.82) is 0 Å². The van der Waals surface area contributed by atoms with Crippen LogP contribution in [0.4, 0.5) is 5.69 Å². The van der Waals surface area contributed by atoms with Crippen molar-refractivity contribution in [2.75, 3.05) is 18.6 Å². The normalized spacial score (nSPS) is 15.1. The van der Waals surface area contributed by atoms with Gasteiger partial charge in [0, 0.05) is 0 Å². The summed E-state index contributed by atoms with van der Waals surface area (Å²) in [6.45, 7) is 0.137. The number of anilines is 1. The molecule has 1 saturated heterocycles. The van der Waals surface area contributed by atoms with E-state index in [0.717, 1.165) is 5.56 Å². The molecule has 1 fully saturated rings. The first-order chi connectivity index (χ1) is 13.4. The number of hydrogen-bond acceptors (Lipinski definition) is 5. The quantitative estimate of drug-likeness (QED) is 0.346. The fraction of sp³-hybridized carbons (Fsp3) is 0.100. The van der Waals surface area contributed by atoms with Gasteiger partial charge in [-0.25, -0.2) is 0 Å². The number of terminal acetylenes is 1. The zero-order valence-electron chi connectivity index (χ0n) is 14.6. The Hall–Kier alpha value is -2.17. The van der Waals surface area contributed by atoms with Crippen molar-refractivity contribution >= 4 is 69.2 Å². The molecule has 1 aliphatic heterocycles. The van der Waals surface area contributed by atoms with Gasteiger partial charge in [0.25, 0.3) is 5.91 Å². The van der Waals surface area contributed by atoms with Gasteiger partial charge in [0.2, 0.25) is 0 Å². The highest BCUT2D eigenvalue weighted by atomic mass is 35.5. The second kappa shape index (κ2) is 8.89. The molecule has 0 aromatic heterocycles. The van der Waals surface area contributed by atoms with Gasteiger partial charge in [0.1, 0.15) is 6.61 Å². The van der Waals surface area contributed by atoms with E-state index in [1.165, 1.54) is 23.8 Å². The third-order valence-corrected chi connectivity index (χ3v) is 5.79. The molecule has 2 aromatic rings. The molecule has 0 bridgehead atoms. The summed E-state index contributed by atoms with van der Waals surface area (Å²) in [4.78, 5) is 14.8. The van der Waals surface area contributed by atoms with Gasteiger partial charge < -0.3 is 9.47 Å². The second-order valence-corrected chi connectivity index (χ2v) is 8.01. The molecule has 1 heterocycles. The first-order valence-corrected chi connectivity index (χ1v) is 9.90. The molecule has 3 rings (SSSR count). The Kier molecular flexibility index (Phi) is 6.53. The molecule has 0 radical (unpaired) electrons. The zero-order chi connectivity index (χ0) is 20.3. The van der Waals surface area contributed by atoms with Gasteiger partial charge in [0.15, 0.2) is 15.8 Å². The predicted octanol–water partition coefficient (Wildman–Crippen LogP) is 5.42. The number of carbonyl (C=O) groups is 1. The van der Waals surface area contributed by atoms with E-state index in [0.29, 0.717) is 36.5 Å². The second-order valence-electron chi connectivity index (χ2n) is 5.52. The molecule has 8 heteroatoms. The average molecular weight is 450 g/mol. The van der Waals surface area contributed by atoms with Gasteiger partial charge in [0.05, 0.1) is 27.7 Å². The highest BCUT2D eigenvalue weighted by molar-refractivity contribution is 8.27. The minimum Gasteiger partial charge on any atom is -0.493 e. The van der Waals surface area contributed by atoms with E-state index in [2.05, 4.69) is 5.92 Å². The number of thioether (sulfide) groups is 1.